The number of nitrogens with one attached hydrogen (secondary N) is 1. The van der Waals surface area contributed by atoms with E-state index in [1.165, 1.54) is 18.4 Å². The van der Waals surface area contributed by atoms with Gasteiger partial charge in [-0.2, -0.15) is 0 Å². The molecule has 4 heteroatoms. The third kappa shape index (κ3) is 3.68. The molecule has 2 aliphatic rings. The number of rotatable bonds is 5. The van der Waals surface area contributed by atoms with Crippen LogP contribution in [-0.4, -0.2) is 54.5 Å². The first-order valence-electron chi connectivity index (χ1n) is 8.36. The number of amides is 1. The van der Waals surface area contributed by atoms with Crippen LogP contribution in [0.3, 0.4) is 0 Å². The quantitative estimate of drug-likeness (QED) is 0.902. The van der Waals surface area contributed by atoms with Gasteiger partial charge in [-0.15, -0.1) is 0 Å². The number of nitrogens with zero attached hydrogens (tertiary/aromatic N) is 2. The third-order valence-electron chi connectivity index (χ3n) is 5.09. The monoisotopic (exact) mass is 301 g/mol. The van der Waals surface area contributed by atoms with E-state index in [0.717, 1.165) is 19.4 Å². The fourth-order valence-corrected chi connectivity index (χ4v) is 3.84. The summed E-state index contributed by atoms with van der Waals surface area (Å²) in [5.41, 5.74) is 1.25. The van der Waals surface area contributed by atoms with Gasteiger partial charge in [-0.25, -0.2) is 0 Å². The van der Waals surface area contributed by atoms with Crippen LogP contribution in [0.1, 0.15) is 31.2 Å². The van der Waals surface area contributed by atoms with Crippen molar-refractivity contribution in [1.82, 2.24) is 15.1 Å². The van der Waals surface area contributed by atoms with Gasteiger partial charge in [0.2, 0.25) is 5.91 Å². The van der Waals surface area contributed by atoms with Crippen LogP contribution in [0.5, 0.6) is 0 Å². The highest BCUT2D eigenvalue weighted by molar-refractivity contribution is 5.78. The zero-order valence-electron chi connectivity index (χ0n) is 13.7. The molecule has 0 aliphatic carbocycles. The fourth-order valence-electron chi connectivity index (χ4n) is 3.84. The van der Waals surface area contributed by atoms with Crippen molar-refractivity contribution in [1.29, 1.82) is 0 Å². The lowest BCUT2D eigenvalue weighted by atomic mass is 9.98. The Bertz CT molecular complexity index is 492. The van der Waals surface area contributed by atoms with Gasteiger partial charge < -0.3 is 10.2 Å². The summed E-state index contributed by atoms with van der Waals surface area (Å²) in [7, 11) is 4.00. The molecule has 2 heterocycles. The fraction of sp³-hybridized carbons (Fsp3) is 0.611. The average molecular weight is 301 g/mol. The van der Waals surface area contributed by atoms with E-state index < -0.39 is 0 Å². The first-order valence-corrected chi connectivity index (χ1v) is 8.36. The van der Waals surface area contributed by atoms with Crippen molar-refractivity contribution < 1.29 is 4.79 Å². The van der Waals surface area contributed by atoms with E-state index in [1.807, 2.05) is 37.2 Å². The maximum atomic E-state index is 12.5. The molecule has 2 fully saturated rings. The molecule has 2 bridgehead atoms. The molecule has 2 aliphatic heterocycles. The summed E-state index contributed by atoms with van der Waals surface area (Å²) >= 11 is 0. The van der Waals surface area contributed by atoms with Crippen LogP contribution in [0.15, 0.2) is 30.3 Å². The van der Waals surface area contributed by atoms with E-state index in [4.69, 9.17) is 0 Å². The third-order valence-corrected chi connectivity index (χ3v) is 5.09. The number of fused-ring (bicyclic) bond motifs is 2. The van der Waals surface area contributed by atoms with Gasteiger partial charge >= 0.3 is 0 Å². The van der Waals surface area contributed by atoms with Crippen molar-refractivity contribution in [2.75, 3.05) is 20.6 Å². The van der Waals surface area contributed by atoms with Crippen molar-refractivity contribution in [3.63, 3.8) is 0 Å². The van der Waals surface area contributed by atoms with E-state index >= 15 is 0 Å². The number of piperidine rings is 1. The van der Waals surface area contributed by atoms with Gasteiger partial charge in [0, 0.05) is 31.7 Å². The van der Waals surface area contributed by atoms with Gasteiger partial charge in [0.05, 0.1) is 6.54 Å². The minimum Gasteiger partial charge on any atom is -0.342 e. The number of likely N-dealkylation sites (N-methyl/N-ethyl adjacent to an activating group) is 2. The highest BCUT2D eigenvalue weighted by atomic mass is 16.2. The van der Waals surface area contributed by atoms with Crippen molar-refractivity contribution in [3.05, 3.63) is 35.9 Å². The Morgan fingerprint density at radius 1 is 1.14 bits per heavy atom. The molecule has 1 aromatic carbocycles. The maximum Gasteiger partial charge on any atom is 0.236 e. The highest BCUT2D eigenvalue weighted by Gasteiger charge is 2.36. The lowest BCUT2D eigenvalue weighted by Gasteiger charge is -2.36. The second-order valence-electron chi connectivity index (χ2n) is 6.93. The zero-order valence-corrected chi connectivity index (χ0v) is 13.7. The Hall–Kier alpha value is -1.39. The smallest absolute Gasteiger partial charge is 0.236 e. The lowest BCUT2D eigenvalue weighted by molar-refractivity contribution is -0.133. The second-order valence-corrected chi connectivity index (χ2v) is 6.93. The molecule has 1 aromatic rings. The molecule has 0 aromatic heterocycles. The molecule has 0 spiro atoms. The molecule has 0 radical (unpaired) electrons. The van der Waals surface area contributed by atoms with Crippen LogP contribution in [0.2, 0.25) is 0 Å². The lowest BCUT2D eigenvalue weighted by Crippen LogP contribution is -2.50. The maximum absolute atomic E-state index is 12.5. The van der Waals surface area contributed by atoms with Gasteiger partial charge in [-0.1, -0.05) is 30.3 Å². The van der Waals surface area contributed by atoms with Crippen LogP contribution in [0, 0.1) is 0 Å². The predicted octanol–water partition coefficient (Wildman–Crippen LogP) is 1.86. The molecular formula is C18H27N3O. The predicted molar refractivity (Wildman–Crippen MR) is 88.5 cm³/mol. The number of benzene rings is 1. The van der Waals surface area contributed by atoms with Crippen LogP contribution >= 0.6 is 0 Å². The van der Waals surface area contributed by atoms with Crippen molar-refractivity contribution in [2.45, 2.75) is 50.4 Å². The first-order chi connectivity index (χ1) is 10.6. The summed E-state index contributed by atoms with van der Waals surface area (Å²) in [5, 5.41) is 3.64. The Labute approximate surface area is 133 Å². The molecule has 0 saturated carbocycles. The van der Waals surface area contributed by atoms with E-state index in [0.29, 0.717) is 24.7 Å². The second kappa shape index (κ2) is 6.80. The Balaban J connectivity index is 1.50. The molecule has 22 heavy (non-hydrogen) atoms. The number of carbonyl (C=O) groups is 1. The SMILES string of the molecule is CN(CC(=O)N(C)C1CC2CCC(C1)N2)Cc1ccccc1. The van der Waals surface area contributed by atoms with E-state index in [1.54, 1.807) is 0 Å². The van der Waals surface area contributed by atoms with Crippen molar-refractivity contribution >= 4 is 5.91 Å². The van der Waals surface area contributed by atoms with Crippen LogP contribution in [0.25, 0.3) is 0 Å². The van der Waals surface area contributed by atoms with Gasteiger partial charge in [0.1, 0.15) is 0 Å². The van der Waals surface area contributed by atoms with E-state index in [2.05, 4.69) is 22.3 Å². The average Bonchev–Trinajstić information content (AvgIpc) is 2.85. The van der Waals surface area contributed by atoms with Gasteiger partial charge in [0.25, 0.3) is 0 Å². The molecule has 2 atom stereocenters. The Kier molecular flexibility index (Phi) is 4.79. The highest BCUT2D eigenvalue weighted by Crippen LogP contribution is 2.29. The van der Waals surface area contributed by atoms with Crippen LogP contribution < -0.4 is 5.32 Å². The largest absolute Gasteiger partial charge is 0.342 e. The summed E-state index contributed by atoms with van der Waals surface area (Å²) in [6, 6.07) is 12.0. The van der Waals surface area contributed by atoms with Gasteiger partial charge in [-0.05, 0) is 38.3 Å². The zero-order chi connectivity index (χ0) is 15.5. The molecule has 1 N–H and O–H groups in total. The summed E-state index contributed by atoms with van der Waals surface area (Å²) in [5.74, 6) is 0.240. The Morgan fingerprint density at radius 3 is 2.41 bits per heavy atom. The molecule has 2 saturated heterocycles. The minimum absolute atomic E-state index is 0.240. The summed E-state index contributed by atoms with van der Waals surface area (Å²) < 4.78 is 0. The van der Waals surface area contributed by atoms with Crippen LogP contribution in [0.4, 0.5) is 0 Å². The van der Waals surface area contributed by atoms with Gasteiger partial charge in [-0.3, -0.25) is 9.69 Å². The van der Waals surface area contributed by atoms with E-state index in [-0.39, 0.29) is 5.91 Å². The van der Waals surface area contributed by atoms with E-state index in [9.17, 15) is 4.79 Å². The number of hydrogen-bond acceptors (Lipinski definition) is 3. The van der Waals surface area contributed by atoms with Gasteiger partial charge in [0.15, 0.2) is 0 Å². The number of hydrogen-bond donors (Lipinski definition) is 1. The molecule has 3 rings (SSSR count). The molecule has 2 unspecified atom stereocenters. The van der Waals surface area contributed by atoms with Crippen molar-refractivity contribution in [3.8, 4) is 0 Å². The topological polar surface area (TPSA) is 35.6 Å². The summed E-state index contributed by atoms with van der Waals surface area (Å²) in [4.78, 5) is 16.6. The normalized spacial score (nSPS) is 27.1. The molecular weight excluding hydrogens is 274 g/mol. The number of carbonyl (C=O) groups excluding carboxylic acids is 1. The Morgan fingerprint density at radius 2 is 1.77 bits per heavy atom. The molecule has 120 valence electrons. The summed E-state index contributed by atoms with van der Waals surface area (Å²) in [6.45, 7) is 1.31. The summed E-state index contributed by atoms with van der Waals surface area (Å²) in [6.07, 6.45) is 4.77. The van der Waals surface area contributed by atoms with Crippen LogP contribution in [-0.2, 0) is 11.3 Å². The molecule has 1 amide bonds. The standard InChI is InChI=1S/C18H27N3O/c1-20(12-14-6-4-3-5-7-14)13-18(22)21(2)17-10-15-8-9-16(11-17)19-15/h3-7,15-17,19H,8-13H2,1-2H3. The van der Waals surface area contributed by atoms with Crippen molar-refractivity contribution in [2.24, 2.45) is 0 Å². The minimum atomic E-state index is 0.240. The molecule has 4 nitrogen and oxygen atoms in total. The first kappa shape index (κ1) is 15.5.